The standard InChI is InChI=1S/C13H7Br2F2NO/c14-8-3-1-2-7(4-8)13(19)18-12-10(16)5-9(15)6-11(12)17/h1-6H,(H,18,19). The summed E-state index contributed by atoms with van der Waals surface area (Å²) < 4.78 is 28.1. The summed E-state index contributed by atoms with van der Waals surface area (Å²) in [5.41, 5.74) is -0.163. The molecule has 6 heteroatoms. The molecule has 0 aromatic heterocycles. The number of rotatable bonds is 2. The Bertz CT molecular complexity index is 623. The number of halogens is 4. The number of benzene rings is 2. The van der Waals surface area contributed by atoms with Crippen molar-refractivity contribution >= 4 is 43.5 Å². The Balaban J connectivity index is 2.29. The minimum Gasteiger partial charge on any atom is -0.317 e. The first kappa shape index (κ1) is 14.1. The van der Waals surface area contributed by atoms with E-state index >= 15 is 0 Å². The molecule has 2 nitrogen and oxygen atoms in total. The van der Waals surface area contributed by atoms with Gasteiger partial charge in [0.15, 0.2) is 11.6 Å². The maximum absolute atomic E-state index is 13.6. The molecular weight excluding hydrogens is 384 g/mol. The Morgan fingerprint density at radius 2 is 1.63 bits per heavy atom. The van der Waals surface area contributed by atoms with Gasteiger partial charge in [-0.25, -0.2) is 8.78 Å². The van der Waals surface area contributed by atoms with Gasteiger partial charge in [0.1, 0.15) is 5.69 Å². The van der Waals surface area contributed by atoms with Gasteiger partial charge in [-0.1, -0.05) is 37.9 Å². The van der Waals surface area contributed by atoms with Gasteiger partial charge in [-0.3, -0.25) is 4.79 Å². The number of nitrogens with one attached hydrogen (secondary N) is 1. The van der Waals surface area contributed by atoms with Crippen molar-refractivity contribution in [2.45, 2.75) is 0 Å². The molecule has 19 heavy (non-hydrogen) atoms. The van der Waals surface area contributed by atoms with Crippen molar-refractivity contribution in [3.05, 3.63) is 62.5 Å². The molecule has 1 N–H and O–H groups in total. The van der Waals surface area contributed by atoms with Crippen LogP contribution in [0.2, 0.25) is 0 Å². The van der Waals surface area contributed by atoms with Crippen molar-refractivity contribution in [3.8, 4) is 0 Å². The molecule has 1 amide bonds. The van der Waals surface area contributed by atoms with E-state index in [-0.39, 0.29) is 4.47 Å². The van der Waals surface area contributed by atoms with E-state index < -0.39 is 23.2 Å². The molecule has 0 unspecified atom stereocenters. The van der Waals surface area contributed by atoms with Crippen molar-refractivity contribution in [2.75, 3.05) is 5.32 Å². The molecule has 0 atom stereocenters. The second kappa shape index (κ2) is 5.79. The quantitative estimate of drug-likeness (QED) is 0.788. The first-order chi connectivity index (χ1) is 8.97. The van der Waals surface area contributed by atoms with Gasteiger partial charge < -0.3 is 5.32 Å². The van der Waals surface area contributed by atoms with Crippen molar-refractivity contribution in [1.82, 2.24) is 0 Å². The lowest BCUT2D eigenvalue weighted by atomic mass is 10.2. The highest BCUT2D eigenvalue weighted by atomic mass is 79.9. The van der Waals surface area contributed by atoms with Crippen LogP contribution in [0.4, 0.5) is 14.5 Å². The maximum Gasteiger partial charge on any atom is 0.255 e. The molecule has 0 heterocycles. The summed E-state index contributed by atoms with van der Waals surface area (Å²) in [6.45, 7) is 0. The number of hydrogen-bond donors (Lipinski definition) is 1. The number of amides is 1. The fourth-order valence-corrected chi connectivity index (χ4v) is 2.28. The largest absolute Gasteiger partial charge is 0.317 e. The van der Waals surface area contributed by atoms with Crippen LogP contribution in [0, 0.1) is 11.6 Å². The zero-order valence-electron chi connectivity index (χ0n) is 9.38. The molecule has 0 bridgehead atoms. The van der Waals surface area contributed by atoms with Gasteiger partial charge in [-0.15, -0.1) is 0 Å². The van der Waals surface area contributed by atoms with Crippen molar-refractivity contribution < 1.29 is 13.6 Å². The number of hydrogen-bond acceptors (Lipinski definition) is 1. The Labute approximate surface area is 125 Å². The minimum atomic E-state index is -0.838. The molecule has 0 aliphatic heterocycles. The summed E-state index contributed by atoms with van der Waals surface area (Å²) in [7, 11) is 0. The van der Waals surface area contributed by atoms with Gasteiger partial charge in [0.25, 0.3) is 5.91 Å². The lowest BCUT2D eigenvalue weighted by Gasteiger charge is -2.08. The Kier molecular flexibility index (Phi) is 4.31. The molecule has 0 spiro atoms. The molecule has 2 rings (SSSR count). The van der Waals surface area contributed by atoms with Crippen molar-refractivity contribution in [1.29, 1.82) is 0 Å². The maximum atomic E-state index is 13.6. The second-order valence-electron chi connectivity index (χ2n) is 3.71. The fraction of sp³-hybridized carbons (Fsp3) is 0. The number of carbonyl (C=O) groups is 1. The smallest absolute Gasteiger partial charge is 0.255 e. The van der Waals surface area contributed by atoms with Crippen LogP contribution in [0.3, 0.4) is 0 Å². The van der Waals surface area contributed by atoms with Crippen LogP contribution in [0.1, 0.15) is 10.4 Å². The normalized spacial score (nSPS) is 10.3. The highest BCUT2D eigenvalue weighted by molar-refractivity contribution is 9.10. The highest BCUT2D eigenvalue weighted by Crippen LogP contribution is 2.24. The third-order valence-corrected chi connectivity index (χ3v) is 3.28. The molecule has 0 aliphatic rings. The summed E-state index contributed by atoms with van der Waals surface area (Å²) in [6.07, 6.45) is 0. The van der Waals surface area contributed by atoms with Crippen LogP contribution >= 0.6 is 31.9 Å². The van der Waals surface area contributed by atoms with Gasteiger partial charge in [0.2, 0.25) is 0 Å². The van der Waals surface area contributed by atoms with Crippen LogP contribution in [0.25, 0.3) is 0 Å². The van der Waals surface area contributed by atoms with Crippen LogP contribution in [0.5, 0.6) is 0 Å². The van der Waals surface area contributed by atoms with Gasteiger partial charge in [-0.2, -0.15) is 0 Å². The number of anilines is 1. The zero-order valence-corrected chi connectivity index (χ0v) is 12.6. The Morgan fingerprint density at radius 1 is 1.00 bits per heavy atom. The molecular formula is C13H7Br2F2NO. The highest BCUT2D eigenvalue weighted by Gasteiger charge is 2.14. The van der Waals surface area contributed by atoms with Gasteiger partial charge >= 0.3 is 0 Å². The average Bonchev–Trinajstić information content (AvgIpc) is 2.33. The van der Waals surface area contributed by atoms with E-state index in [1.165, 1.54) is 0 Å². The van der Waals surface area contributed by atoms with E-state index in [1.54, 1.807) is 24.3 Å². The average molecular weight is 391 g/mol. The third-order valence-electron chi connectivity index (χ3n) is 2.33. The minimum absolute atomic E-state index is 0.267. The predicted molar refractivity (Wildman–Crippen MR) is 76.2 cm³/mol. The summed E-state index contributed by atoms with van der Waals surface area (Å²) in [4.78, 5) is 11.9. The van der Waals surface area contributed by atoms with E-state index in [9.17, 15) is 13.6 Å². The van der Waals surface area contributed by atoms with Crippen LogP contribution in [-0.4, -0.2) is 5.91 Å². The van der Waals surface area contributed by atoms with Gasteiger partial charge in [-0.05, 0) is 30.3 Å². The third kappa shape index (κ3) is 3.39. The Hall–Kier alpha value is -1.27. The summed E-state index contributed by atoms with van der Waals surface area (Å²) in [6, 6.07) is 8.68. The van der Waals surface area contributed by atoms with E-state index in [1.807, 2.05) is 0 Å². The van der Waals surface area contributed by atoms with Crippen LogP contribution in [-0.2, 0) is 0 Å². The summed E-state index contributed by atoms with van der Waals surface area (Å²) in [5, 5.41) is 2.22. The SMILES string of the molecule is O=C(Nc1c(F)cc(Br)cc1F)c1cccc(Br)c1. The fourth-order valence-electron chi connectivity index (χ4n) is 1.48. The summed E-state index contributed by atoms with van der Waals surface area (Å²) >= 11 is 6.19. The lowest BCUT2D eigenvalue weighted by Crippen LogP contribution is -2.14. The monoisotopic (exact) mass is 389 g/mol. The van der Waals surface area contributed by atoms with Crippen molar-refractivity contribution in [2.24, 2.45) is 0 Å². The molecule has 2 aromatic carbocycles. The van der Waals surface area contributed by atoms with E-state index in [2.05, 4.69) is 37.2 Å². The Morgan fingerprint density at radius 3 is 2.21 bits per heavy atom. The van der Waals surface area contributed by atoms with Crippen LogP contribution in [0.15, 0.2) is 45.3 Å². The molecule has 0 radical (unpaired) electrons. The van der Waals surface area contributed by atoms with E-state index in [0.717, 1.165) is 12.1 Å². The topological polar surface area (TPSA) is 29.1 Å². The molecule has 98 valence electrons. The molecule has 0 saturated heterocycles. The molecule has 2 aromatic rings. The lowest BCUT2D eigenvalue weighted by molar-refractivity contribution is 0.102. The first-order valence-electron chi connectivity index (χ1n) is 5.19. The molecule has 0 saturated carbocycles. The predicted octanol–water partition coefficient (Wildman–Crippen LogP) is 4.74. The molecule has 0 fully saturated rings. The van der Waals surface area contributed by atoms with E-state index in [0.29, 0.717) is 10.0 Å². The van der Waals surface area contributed by atoms with Gasteiger partial charge in [0, 0.05) is 14.5 Å². The van der Waals surface area contributed by atoms with E-state index in [4.69, 9.17) is 0 Å². The zero-order chi connectivity index (χ0) is 14.0. The van der Waals surface area contributed by atoms with Crippen LogP contribution < -0.4 is 5.32 Å². The molecule has 0 aliphatic carbocycles. The first-order valence-corrected chi connectivity index (χ1v) is 6.77. The second-order valence-corrected chi connectivity index (χ2v) is 5.54. The summed E-state index contributed by atoms with van der Waals surface area (Å²) in [5.74, 6) is -2.26. The number of carbonyl (C=O) groups excluding carboxylic acids is 1. The van der Waals surface area contributed by atoms with Gasteiger partial charge in [0.05, 0.1) is 0 Å². The van der Waals surface area contributed by atoms with Crippen molar-refractivity contribution in [3.63, 3.8) is 0 Å².